The van der Waals surface area contributed by atoms with E-state index in [9.17, 15) is 5.11 Å². The molecule has 0 bridgehead atoms. The lowest BCUT2D eigenvalue weighted by atomic mass is 10.0. The number of hydrogen-bond acceptors (Lipinski definition) is 4. The van der Waals surface area contributed by atoms with E-state index < -0.39 is 19.0 Å². The van der Waals surface area contributed by atoms with E-state index in [-0.39, 0.29) is 0 Å². The summed E-state index contributed by atoms with van der Waals surface area (Å²) in [6, 6.07) is 31.9. The third-order valence-corrected chi connectivity index (χ3v) is 12.7. The van der Waals surface area contributed by atoms with Crippen molar-refractivity contribution in [3.05, 3.63) is 129 Å². The summed E-state index contributed by atoms with van der Waals surface area (Å²) in [7, 11) is -3.45. The van der Waals surface area contributed by atoms with Gasteiger partial charge in [0.15, 0.2) is 7.14 Å². The summed E-state index contributed by atoms with van der Waals surface area (Å²) in [5.74, 6) is -0.742. The van der Waals surface area contributed by atoms with Crippen LogP contribution in [0.15, 0.2) is 103 Å². The van der Waals surface area contributed by atoms with Gasteiger partial charge < -0.3 is 9.67 Å². The lowest BCUT2D eigenvalue weighted by Crippen LogP contribution is -2.46. The molecule has 2 heterocycles. The molecule has 1 saturated heterocycles. The van der Waals surface area contributed by atoms with E-state index in [2.05, 4.69) is 4.90 Å². The van der Waals surface area contributed by atoms with Gasteiger partial charge >= 0.3 is 0 Å². The highest BCUT2D eigenvalue weighted by molar-refractivity contribution is 7.79. The molecule has 1 aromatic heterocycles. The molecule has 6 rings (SSSR count). The van der Waals surface area contributed by atoms with Crippen LogP contribution in [0, 0.1) is 6.92 Å². The molecule has 5 nitrogen and oxygen atoms in total. The predicted octanol–water partition coefficient (Wildman–Crippen LogP) is 8.67. The van der Waals surface area contributed by atoms with Crippen LogP contribution < -0.4 is 10.6 Å². The van der Waals surface area contributed by atoms with Crippen molar-refractivity contribution in [3.63, 3.8) is 0 Å². The van der Waals surface area contributed by atoms with Crippen LogP contribution in [0.2, 0.25) is 15.1 Å². The molecule has 0 spiro atoms. The third kappa shape index (κ3) is 5.90. The molecule has 4 aromatic carbocycles. The fourth-order valence-corrected chi connectivity index (χ4v) is 10.3. The largest absolute Gasteiger partial charge is 0.385 e. The number of benzene rings is 4. The predicted molar refractivity (Wildman–Crippen MR) is 183 cm³/mol. The monoisotopic (exact) mass is 663 g/mol. The zero-order valence-corrected chi connectivity index (χ0v) is 27.4. The van der Waals surface area contributed by atoms with Gasteiger partial charge in [0.05, 0.1) is 22.1 Å². The topological polar surface area (TPSA) is 58.4 Å². The summed E-state index contributed by atoms with van der Waals surface area (Å²) in [4.78, 5) is 2.21. The summed E-state index contributed by atoms with van der Waals surface area (Å²) in [6.45, 7) is 3.41. The number of aliphatic hydroxyl groups is 1. The highest BCUT2D eigenvalue weighted by atomic mass is 35.5. The number of rotatable bonds is 8. The Labute approximate surface area is 273 Å². The number of nitrogens with zero attached hydrogens (tertiary/aromatic N) is 3. The first-order valence-corrected chi connectivity index (χ1v) is 17.6. The molecule has 5 aromatic rings. The smallest absolute Gasteiger partial charge is 0.162 e. The Morgan fingerprint density at radius 2 is 1.34 bits per heavy atom. The Morgan fingerprint density at radius 1 is 0.773 bits per heavy atom. The fourth-order valence-electron chi connectivity index (χ4n) is 6.27. The molecule has 9 heteroatoms. The molecule has 0 saturated carbocycles. The lowest BCUT2D eigenvalue weighted by Gasteiger charge is -2.41. The van der Waals surface area contributed by atoms with Crippen LogP contribution in [0.25, 0.3) is 16.9 Å². The van der Waals surface area contributed by atoms with Gasteiger partial charge in [0.2, 0.25) is 0 Å². The minimum Gasteiger partial charge on any atom is -0.385 e. The third-order valence-electron chi connectivity index (χ3n) is 8.39. The molecule has 44 heavy (non-hydrogen) atoms. The Bertz CT molecular complexity index is 1750. The standard InChI is InChI=1S/C35H33Cl3N3O2P/c1-24-32(39-41(31-20-19-27(37)23-30(31)38)33(24)25-15-17-26(36)18-16-25)34(42)35(40-21-9-4-10-22-40)44(43,28-11-5-2-6-12-28)29-13-7-3-8-14-29/h2-3,5-8,11-20,23,34-35,42H,4,9-10,21-22H2,1H3/t34-,35+/m1/s1. The van der Waals surface area contributed by atoms with E-state index in [4.69, 9.17) is 39.9 Å². The summed E-state index contributed by atoms with van der Waals surface area (Å²) in [5.41, 5.74) is 3.44. The average molecular weight is 665 g/mol. The number of halogens is 3. The Hall–Kier alpha value is -2.89. The van der Waals surface area contributed by atoms with Gasteiger partial charge in [-0.15, -0.1) is 0 Å². The van der Waals surface area contributed by atoms with Crippen molar-refractivity contribution in [1.29, 1.82) is 0 Å². The van der Waals surface area contributed by atoms with Gasteiger partial charge in [-0.3, -0.25) is 4.90 Å². The SMILES string of the molecule is Cc1c([C@@H](O)[C@@H](N2CCCCC2)P(=O)(c2ccccc2)c2ccccc2)nn(-c2ccc(Cl)cc2Cl)c1-c1ccc(Cl)cc1. The molecule has 1 aliphatic heterocycles. The fraction of sp³-hybridized carbons (Fsp3) is 0.229. The van der Waals surface area contributed by atoms with Gasteiger partial charge in [-0.05, 0) is 63.2 Å². The normalized spacial score (nSPS) is 15.7. The number of likely N-dealkylation sites (tertiary alicyclic amines) is 1. The molecular weight excluding hydrogens is 632 g/mol. The number of aliphatic hydroxyl groups excluding tert-OH is 1. The second kappa shape index (κ2) is 13.2. The Morgan fingerprint density at radius 3 is 1.91 bits per heavy atom. The zero-order chi connectivity index (χ0) is 30.8. The minimum atomic E-state index is -3.45. The average Bonchev–Trinajstić information content (AvgIpc) is 3.39. The Balaban J connectivity index is 1.59. The van der Waals surface area contributed by atoms with Gasteiger partial charge in [-0.2, -0.15) is 5.10 Å². The lowest BCUT2D eigenvalue weighted by molar-refractivity contribution is 0.0744. The van der Waals surface area contributed by atoms with E-state index >= 15 is 4.57 Å². The maximum atomic E-state index is 15.8. The minimum absolute atomic E-state index is 0.420. The molecule has 1 fully saturated rings. The molecule has 0 unspecified atom stereocenters. The zero-order valence-electron chi connectivity index (χ0n) is 24.3. The molecule has 1 aliphatic rings. The van der Waals surface area contributed by atoms with E-state index in [0.29, 0.717) is 37.1 Å². The molecule has 226 valence electrons. The molecular formula is C35H33Cl3N3O2P. The van der Waals surface area contributed by atoms with Crippen molar-refractivity contribution in [2.75, 3.05) is 13.1 Å². The van der Waals surface area contributed by atoms with Gasteiger partial charge in [0.1, 0.15) is 11.9 Å². The first-order chi connectivity index (χ1) is 21.3. The quantitative estimate of drug-likeness (QED) is 0.169. The highest BCUT2D eigenvalue weighted by Crippen LogP contribution is 2.55. The van der Waals surface area contributed by atoms with Gasteiger partial charge in [0, 0.05) is 31.8 Å². The summed E-state index contributed by atoms with van der Waals surface area (Å²) in [5, 5.41) is 20.6. The maximum Gasteiger partial charge on any atom is 0.162 e. The maximum absolute atomic E-state index is 15.8. The Kier molecular flexibility index (Phi) is 9.35. The van der Waals surface area contributed by atoms with Crippen LogP contribution in [-0.2, 0) is 4.57 Å². The molecule has 0 amide bonds. The first-order valence-electron chi connectivity index (χ1n) is 14.7. The van der Waals surface area contributed by atoms with Crippen LogP contribution in [-0.4, -0.2) is 38.7 Å². The number of hydrogen-bond donors (Lipinski definition) is 1. The van der Waals surface area contributed by atoms with Gasteiger partial charge in [0.25, 0.3) is 0 Å². The van der Waals surface area contributed by atoms with Gasteiger partial charge in [-0.1, -0.05) is 114 Å². The second-order valence-electron chi connectivity index (χ2n) is 11.2. The van der Waals surface area contributed by atoms with Crippen molar-refractivity contribution < 1.29 is 9.67 Å². The van der Waals surface area contributed by atoms with Crippen LogP contribution in [0.1, 0.15) is 36.6 Å². The molecule has 0 aliphatic carbocycles. The van der Waals surface area contributed by atoms with Crippen molar-refractivity contribution >= 4 is 52.6 Å². The number of piperidine rings is 1. The van der Waals surface area contributed by atoms with E-state index in [1.165, 1.54) is 0 Å². The van der Waals surface area contributed by atoms with Crippen LogP contribution in [0.5, 0.6) is 0 Å². The molecule has 2 atom stereocenters. The summed E-state index contributed by atoms with van der Waals surface area (Å²) >= 11 is 19.2. The van der Waals surface area contributed by atoms with E-state index in [1.807, 2.05) is 97.9 Å². The van der Waals surface area contributed by atoms with Crippen molar-refractivity contribution in [2.24, 2.45) is 0 Å². The molecule has 1 N–H and O–H groups in total. The summed E-state index contributed by atoms with van der Waals surface area (Å²) in [6.07, 6.45) is 1.86. The summed E-state index contributed by atoms with van der Waals surface area (Å²) < 4.78 is 17.6. The first kappa shape index (κ1) is 31.1. The van der Waals surface area contributed by atoms with Crippen molar-refractivity contribution in [3.8, 4) is 16.9 Å². The van der Waals surface area contributed by atoms with E-state index in [0.717, 1.165) is 49.2 Å². The van der Waals surface area contributed by atoms with Crippen LogP contribution in [0.4, 0.5) is 0 Å². The number of aromatic nitrogens is 2. The van der Waals surface area contributed by atoms with Crippen molar-refractivity contribution in [2.45, 2.75) is 38.1 Å². The second-order valence-corrected chi connectivity index (χ2v) is 15.3. The van der Waals surface area contributed by atoms with Gasteiger partial charge in [-0.25, -0.2) is 4.68 Å². The van der Waals surface area contributed by atoms with E-state index in [1.54, 1.807) is 16.8 Å². The van der Waals surface area contributed by atoms with Crippen LogP contribution in [0.3, 0.4) is 0 Å². The highest BCUT2D eigenvalue weighted by Gasteiger charge is 2.47. The van der Waals surface area contributed by atoms with Crippen molar-refractivity contribution in [1.82, 2.24) is 14.7 Å². The molecule has 0 radical (unpaired) electrons. The van der Waals surface area contributed by atoms with Crippen LogP contribution >= 0.6 is 41.9 Å².